The molecule has 0 bridgehead atoms. The minimum absolute atomic E-state index is 0.145. The molecular formula is C14H15Cl2F13O3. The zero-order chi connectivity index (χ0) is 25.8. The predicted octanol–water partition coefficient (Wildman–Crippen LogP) is 7.36. The zero-order valence-corrected chi connectivity index (χ0v) is 17.1. The van der Waals surface area contributed by atoms with Crippen molar-refractivity contribution in [1.82, 2.24) is 0 Å². The lowest BCUT2D eigenvalue weighted by Gasteiger charge is -2.37. The summed E-state index contributed by atoms with van der Waals surface area (Å²) in [4.78, 5) is 0. The SMILES string of the molecule is CCCCCCOC(F)C(F)(F)C(F)(F)OC(F)(C(F)OC(F)(Cl)C(F)(F)Cl)C(F)(F)F. The molecule has 0 fully saturated rings. The first-order valence-corrected chi connectivity index (χ1v) is 9.06. The number of unbranched alkanes of at least 4 members (excludes halogenated alkanes) is 3. The van der Waals surface area contributed by atoms with Crippen molar-refractivity contribution >= 4 is 23.2 Å². The van der Waals surface area contributed by atoms with E-state index in [0.717, 1.165) is 0 Å². The van der Waals surface area contributed by atoms with E-state index in [1.54, 1.807) is 6.92 Å². The van der Waals surface area contributed by atoms with Crippen molar-refractivity contribution in [2.24, 2.45) is 0 Å². The molecule has 0 aliphatic rings. The quantitative estimate of drug-likeness (QED) is 0.129. The monoisotopic (exact) mass is 548 g/mol. The average molecular weight is 549 g/mol. The van der Waals surface area contributed by atoms with Crippen molar-refractivity contribution in [3.63, 3.8) is 0 Å². The number of rotatable bonds is 14. The van der Waals surface area contributed by atoms with Crippen LogP contribution in [0.3, 0.4) is 0 Å². The average Bonchev–Trinajstić information content (AvgIpc) is 2.58. The molecule has 0 N–H and O–H groups in total. The highest BCUT2D eigenvalue weighted by molar-refractivity contribution is 6.31. The lowest BCUT2D eigenvalue weighted by molar-refractivity contribution is -0.494. The number of halogens is 15. The Morgan fingerprint density at radius 2 is 1.25 bits per heavy atom. The van der Waals surface area contributed by atoms with Crippen LogP contribution in [0.4, 0.5) is 57.1 Å². The van der Waals surface area contributed by atoms with Gasteiger partial charge in [0.25, 0.3) is 12.7 Å². The van der Waals surface area contributed by atoms with Crippen LogP contribution in [-0.2, 0) is 14.2 Å². The molecule has 0 aliphatic heterocycles. The van der Waals surface area contributed by atoms with Crippen molar-refractivity contribution in [1.29, 1.82) is 0 Å². The van der Waals surface area contributed by atoms with Gasteiger partial charge in [0.15, 0.2) is 0 Å². The third kappa shape index (κ3) is 7.53. The van der Waals surface area contributed by atoms with E-state index in [2.05, 4.69) is 37.4 Å². The van der Waals surface area contributed by atoms with Crippen LogP contribution in [0.5, 0.6) is 0 Å². The second kappa shape index (κ2) is 10.9. The third-order valence-corrected chi connectivity index (χ3v) is 4.14. The van der Waals surface area contributed by atoms with E-state index in [0.29, 0.717) is 12.8 Å². The Morgan fingerprint density at radius 1 is 0.750 bits per heavy atom. The third-order valence-electron chi connectivity index (χ3n) is 3.47. The van der Waals surface area contributed by atoms with Gasteiger partial charge in [-0.15, -0.1) is 0 Å². The zero-order valence-electron chi connectivity index (χ0n) is 15.6. The van der Waals surface area contributed by atoms with Crippen LogP contribution in [0.25, 0.3) is 0 Å². The van der Waals surface area contributed by atoms with Crippen LogP contribution in [0.15, 0.2) is 0 Å². The highest BCUT2D eigenvalue weighted by atomic mass is 35.5. The topological polar surface area (TPSA) is 27.7 Å². The van der Waals surface area contributed by atoms with Crippen molar-refractivity contribution < 1.29 is 71.3 Å². The highest BCUT2D eigenvalue weighted by Gasteiger charge is 2.76. The fourth-order valence-corrected chi connectivity index (χ4v) is 1.84. The number of hydrogen-bond acceptors (Lipinski definition) is 3. The molecule has 0 saturated heterocycles. The van der Waals surface area contributed by atoms with Gasteiger partial charge in [-0.2, -0.15) is 48.3 Å². The lowest BCUT2D eigenvalue weighted by atomic mass is 10.2. The molecule has 0 aromatic carbocycles. The second-order valence-corrected chi connectivity index (χ2v) is 7.04. The molecule has 32 heavy (non-hydrogen) atoms. The van der Waals surface area contributed by atoms with Crippen LogP contribution in [-0.4, -0.2) is 54.1 Å². The summed E-state index contributed by atoms with van der Waals surface area (Å²) in [6.07, 6.45) is -22.5. The molecule has 0 aromatic rings. The summed E-state index contributed by atoms with van der Waals surface area (Å²) in [5.74, 6) is -13.2. The standard InChI is InChI=1S/C14H15Cl2F13O3/c1-2-3-4-5-6-30-7(17)9(19,20)14(28,29)32-10(21,13(25,26)27)8(18)31-12(16,24)11(15,22)23/h7-8H,2-6H2,1H3. The van der Waals surface area contributed by atoms with Crippen molar-refractivity contribution in [3.05, 3.63) is 0 Å². The van der Waals surface area contributed by atoms with E-state index in [1.165, 1.54) is 0 Å². The lowest BCUT2D eigenvalue weighted by Crippen LogP contribution is -2.62. The van der Waals surface area contributed by atoms with Gasteiger partial charge in [-0.1, -0.05) is 26.2 Å². The van der Waals surface area contributed by atoms with Gasteiger partial charge in [0, 0.05) is 0 Å². The summed E-state index contributed by atoms with van der Waals surface area (Å²) in [6.45, 7) is 0.783. The van der Waals surface area contributed by atoms with E-state index >= 15 is 0 Å². The fraction of sp³-hybridized carbons (Fsp3) is 1.00. The molecule has 0 rings (SSSR count). The minimum Gasteiger partial charge on any atom is -0.343 e. The molecule has 4 unspecified atom stereocenters. The Kier molecular flexibility index (Phi) is 10.7. The number of alkyl halides is 15. The molecule has 0 amide bonds. The Bertz CT molecular complexity index is 585. The van der Waals surface area contributed by atoms with Gasteiger partial charge in [-0.3, -0.25) is 9.47 Å². The Morgan fingerprint density at radius 3 is 1.66 bits per heavy atom. The minimum atomic E-state index is -7.10. The summed E-state index contributed by atoms with van der Waals surface area (Å²) in [5, 5.41) is -11.1. The van der Waals surface area contributed by atoms with E-state index in [-0.39, 0.29) is 12.8 Å². The van der Waals surface area contributed by atoms with Crippen LogP contribution in [0, 0.1) is 0 Å². The largest absolute Gasteiger partial charge is 0.454 e. The Hall–Kier alpha value is -0.450. The molecule has 0 heterocycles. The van der Waals surface area contributed by atoms with Crippen molar-refractivity contribution in [2.75, 3.05) is 6.61 Å². The van der Waals surface area contributed by atoms with E-state index < -0.39 is 54.1 Å². The number of hydrogen-bond donors (Lipinski definition) is 0. The predicted molar refractivity (Wildman–Crippen MR) is 82.3 cm³/mol. The summed E-state index contributed by atoms with van der Waals surface area (Å²) in [5.41, 5.74) is 0. The van der Waals surface area contributed by atoms with Crippen LogP contribution >= 0.6 is 23.2 Å². The number of ether oxygens (including phenoxy) is 3. The van der Waals surface area contributed by atoms with E-state index in [9.17, 15) is 57.1 Å². The van der Waals surface area contributed by atoms with Crippen LogP contribution < -0.4 is 0 Å². The molecule has 0 aliphatic carbocycles. The Labute approximate surface area is 182 Å². The summed E-state index contributed by atoms with van der Waals surface area (Å²) in [6, 6.07) is 0. The molecule has 18 heteroatoms. The highest BCUT2D eigenvalue weighted by Crippen LogP contribution is 2.51. The molecular weight excluding hydrogens is 534 g/mol. The van der Waals surface area contributed by atoms with Gasteiger partial charge >= 0.3 is 34.8 Å². The van der Waals surface area contributed by atoms with Gasteiger partial charge < -0.3 is 4.74 Å². The molecule has 194 valence electrons. The first-order chi connectivity index (χ1) is 14.1. The molecule has 0 aromatic heterocycles. The second-order valence-electron chi connectivity index (χ2n) is 6.08. The van der Waals surface area contributed by atoms with Gasteiger partial charge in [0.1, 0.15) is 0 Å². The first kappa shape index (κ1) is 31.6. The van der Waals surface area contributed by atoms with E-state index in [4.69, 9.17) is 0 Å². The summed E-state index contributed by atoms with van der Waals surface area (Å²) in [7, 11) is 0. The molecule has 0 radical (unpaired) electrons. The van der Waals surface area contributed by atoms with E-state index in [1.807, 2.05) is 0 Å². The maximum atomic E-state index is 14.0. The molecule has 0 saturated carbocycles. The van der Waals surface area contributed by atoms with Crippen LogP contribution in [0.2, 0.25) is 0 Å². The molecule has 3 nitrogen and oxygen atoms in total. The molecule has 0 spiro atoms. The van der Waals surface area contributed by atoms with Crippen molar-refractivity contribution in [2.45, 2.75) is 80.1 Å². The van der Waals surface area contributed by atoms with Crippen molar-refractivity contribution in [3.8, 4) is 0 Å². The summed E-state index contributed by atoms with van der Waals surface area (Å²) < 4.78 is 180. The van der Waals surface area contributed by atoms with Gasteiger partial charge in [-0.05, 0) is 29.6 Å². The smallest absolute Gasteiger partial charge is 0.343 e. The maximum Gasteiger partial charge on any atom is 0.454 e. The fourth-order valence-electron chi connectivity index (χ4n) is 1.71. The van der Waals surface area contributed by atoms with Gasteiger partial charge in [0.05, 0.1) is 6.61 Å². The molecule has 4 atom stereocenters. The van der Waals surface area contributed by atoms with Crippen LogP contribution in [0.1, 0.15) is 32.6 Å². The Balaban J connectivity index is 5.71. The normalized spacial score (nSPS) is 19.9. The summed E-state index contributed by atoms with van der Waals surface area (Å²) >= 11 is 8.10. The first-order valence-electron chi connectivity index (χ1n) is 8.30. The maximum absolute atomic E-state index is 14.0. The van der Waals surface area contributed by atoms with Gasteiger partial charge in [0.2, 0.25) is 0 Å². The van der Waals surface area contributed by atoms with Gasteiger partial charge in [-0.25, -0.2) is 8.78 Å².